The monoisotopic (exact) mass is 236 g/mol. The summed E-state index contributed by atoms with van der Waals surface area (Å²) in [6.45, 7) is 2.68. The van der Waals surface area contributed by atoms with Crippen LogP contribution < -0.4 is 5.32 Å². The van der Waals surface area contributed by atoms with Gasteiger partial charge in [-0.2, -0.15) is 5.26 Å². The highest BCUT2D eigenvalue weighted by Crippen LogP contribution is 2.26. The van der Waals surface area contributed by atoms with E-state index in [0.717, 1.165) is 10.6 Å². The molecule has 0 aliphatic heterocycles. The summed E-state index contributed by atoms with van der Waals surface area (Å²) in [5, 5.41) is 12.3. The smallest absolute Gasteiger partial charge is 0.102 e. The van der Waals surface area contributed by atoms with Crippen LogP contribution in [0.2, 0.25) is 0 Å². The van der Waals surface area contributed by atoms with E-state index >= 15 is 0 Å². The van der Waals surface area contributed by atoms with E-state index in [0.29, 0.717) is 12.1 Å². The van der Waals surface area contributed by atoms with Crippen molar-refractivity contribution in [3.8, 4) is 6.07 Å². The molecule has 1 aromatic rings. The molecular weight excluding hydrogens is 220 g/mol. The molecule has 1 unspecified atom stereocenters. The van der Waals surface area contributed by atoms with E-state index in [1.807, 2.05) is 31.4 Å². The molecule has 1 rings (SSSR count). The number of nitriles is 1. The van der Waals surface area contributed by atoms with E-state index in [1.165, 1.54) is 0 Å². The van der Waals surface area contributed by atoms with E-state index in [1.54, 1.807) is 18.9 Å². The lowest BCUT2D eigenvalue weighted by Crippen LogP contribution is -2.18. The van der Waals surface area contributed by atoms with Gasteiger partial charge in [-0.05, 0) is 25.3 Å². The molecule has 1 N–H and O–H groups in total. The number of rotatable bonds is 5. The van der Waals surface area contributed by atoms with Crippen LogP contribution in [0.3, 0.4) is 0 Å². The third-order valence-electron chi connectivity index (χ3n) is 2.34. The van der Waals surface area contributed by atoms with Crippen LogP contribution in [0.1, 0.15) is 12.5 Å². The Kier molecular flexibility index (Phi) is 5.17. The molecule has 0 amide bonds. The fraction of sp³-hybridized carbons (Fsp3) is 0.417. The Labute approximate surface area is 101 Å². The number of benzene rings is 1. The normalized spacial score (nSPS) is 11.9. The summed E-state index contributed by atoms with van der Waals surface area (Å²) >= 11 is 1.58. The summed E-state index contributed by atoms with van der Waals surface area (Å²) in [6, 6.07) is 8.05. The van der Waals surface area contributed by atoms with Gasteiger partial charge in [0, 0.05) is 18.6 Å². The van der Waals surface area contributed by atoms with Crippen LogP contribution >= 0.6 is 11.8 Å². The van der Waals surface area contributed by atoms with Gasteiger partial charge in [0.25, 0.3) is 0 Å². The zero-order valence-electron chi connectivity index (χ0n) is 9.78. The number of nitrogens with zero attached hydrogens (tertiary/aromatic N) is 1. The number of thioether (sulfide) groups is 1. The minimum atomic E-state index is 0.129. The van der Waals surface area contributed by atoms with Gasteiger partial charge < -0.3 is 10.1 Å². The fourth-order valence-electron chi connectivity index (χ4n) is 1.30. The van der Waals surface area contributed by atoms with E-state index < -0.39 is 0 Å². The van der Waals surface area contributed by atoms with Gasteiger partial charge in [-0.25, -0.2) is 0 Å². The summed E-state index contributed by atoms with van der Waals surface area (Å²) in [5.74, 6) is 0. The van der Waals surface area contributed by atoms with E-state index in [2.05, 4.69) is 11.4 Å². The fourth-order valence-corrected chi connectivity index (χ4v) is 1.88. The third-order valence-corrected chi connectivity index (χ3v) is 3.12. The molecule has 16 heavy (non-hydrogen) atoms. The van der Waals surface area contributed by atoms with Gasteiger partial charge in [0.1, 0.15) is 6.07 Å². The maximum atomic E-state index is 9.12. The molecule has 0 aromatic heterocycles. The van der Waals surface area contributed by atoms with Gasteiger partial charge in [-0.3, -0.25) is 0 Å². The molecule has 0 fully saturated rings. The van der Waals surface area contributed by atoms with Gasteiger partial charge in [0.15, 0.2) is 0 Å². The summed E-state index contributed by atoms with van der Waals surface area (Å²) in [7, 11) is 1.68. The molecule has 0 spiro atoms. The van der Waals surface area contributed by atoms with Crippen LogP contribution in [0.5, 0.6) is 0 Å². The number of hydrogen-bond acceptors (Lipinski definition) is 4. The van der Waals surface area contributed by atoms with Crippen molar-refractivity contribution in [1.82, 2.24) is 0 Å². The molecule has 0 radical (unpaired) electrons. The molecule has 0 bridgehead atoms. The Balaban J connectivity index is 2.84. The Hall–Kier alpha value is -1.18. The maximum Gasteiger partial charge on any atom is 0.102 e. The first-order valence-electron chi connectivity index (χ1n) is 5.06. The molecule has 1 aromatic carbocycles. The number of methoxy groups -OCH3 is 1. The van der Waals surface area contributed by atoms with Gasteiger partial charge in [0.05, 0.1) is 17.4 Å². The minimum Gasteiger partial charge on any atom is -0.381 e. The standard InChI is InChI=1S/C12H16N2OS/c1-9(15-2)8-14-11-5-4-6-12(16-3)10(11)7-13/h4-6,9,14H,8H2,1-3H3. The minimum absolute atomic E-state index is 0.129. The molecule has 1 atom stereocenters. The molecule has 86 valence electrons. The highest BCUT2D eigenvalue weighted by atomic mass is 32.2. The van der Waals surface area contributed by atoms with Crippen LogP contribution in [0.15, 0.2) is 23.1 Å². The Bertz CT molecular complexity index is 387. The van der Waals surface area contributed by atoms with Crippen molar-refractivity contribution in [2.75, 3.05) is 25.2 Å². The largest absolute Gasteiger partial charge is 0.381 e. The highest BCUT2D eigenvalue weighted by Gasteiger charge is 2.07. The van der Waals surface area contributed by atoms with Gasteiger partial charge in [0.2, 0.25) is 0 Å². The maximum absolute atomic E-state index is 9.12. The second kappa shape index (κ2) is 6.41. The first-order chi connectivity index (χ1) is 7.72. The highest BCUT2D eigenvalue weighted by molar-refractivity contribution is 7.98. The topological polar surface area (TPSA) is 45.0 Å². The zero-order chi connectivity index (χ0) is 12.0. The average Bonchev–Trinajstić information content (AvgIpc) is 2.34. The van der Waals surface area contributed by atoms with Crippen molar-refractivity contribution in [3.05, 3.63) is 23.8 Å². The second-order valence-electron chi connectivity index (χ2n) is 3.42. The van der Waals surface area contributed by atoms with Crippen LogP contribution in [0.25, 0.3) is 0 Å². The SMILES string of the molecule is COC(C)CNc1cccc(SC)c1C#N. The van der Waals surface area contributed by atoms with Gasteiger partial charge in [-0.1, -0.05) is 6.07 Å². The Morgan fingerprint density at radius 1 is 1.56 bits per heavy atom. The first-order valence-corrected chi connectivity index (χ1v) is 6.29. The summed E-state index contributed by atoms with van der Waals surface area (Å²) in [5.41, 5.74) is 1.58. The lowest BCUT2D eigenvalue weighted by molar-refractivity contribution is 0.129. The number of hydrogen-bond donors (Lipinski definition) is 1. The van der Waals surface area contributed by atoms with E-state index in [-0.39, 0.29) is 6.10 Å². The van der Waals surface area contributed by atoms with Crippen molar-refractivity contribution in [3.63, 3.8) is 0 Å². The molecular formula is C12H16N2OS. The molecule has 0 saturated carbocycles. The average molecular weight is 236 g/mol. The third kappa shape index (κ3) is 3.16. The predicted molar refractivity (Wildman–Crippen MR) is 67.9 cm³/mol. The zero-order valence-corrected chi connectivity index (χ0v) is 10.6. The van der Waals surface area contributed by atoms with Crippen molar-refractivity contribution < 1.29 is 4.74 Å². The van der Waals surface area contributed by atoms with Gasteiger partial charge in [-0.15, -0.1) is 11.8 Å². The van der Waals surface area contributed by atoms with Crippen molar-refractivity contribution in [2.24, 2.45) is 0 Å². The number of ether oxygens (including phenoxy) is 1. The quantitative estimate of drug-likeness (QED) is 0.798. The first kappa shape index (κ1) is 12.9. The van der Waals surface area contributed by atoms with Crippen LogP contribution in [-0.4, -0.2) is 26.0 Å². The number of anilines is 1. The lowest BCUT2D eigenvalue weighted by atomic mass is 10.2. The lowest BCUT2D eigenvalue weighted by Gasteiger charge is -2.14. The van der Waals surface area contributed by atoms with Crippen molar-refractivity contribution >= 4 is 17.4 Å². The Morgan fingerprint density at radius 3 is 2.88 bits per heavy atom. The second-order valence-corrected chi connectivity index (χ2v) is 4.27. The van der Waals surface area contributed by atoms with Crippen LogP contribution in [0.4, 0.5) is 5.69 Å². The molecule has 0 heterocycles. The van der Waals surface area contributed by atoms with Gasteiger partial charge >= 0.3 is 0 Å². The molecule has 0 aliphatic rings. The Morgan fingerprint density at radius 2 is 2.31 bits per heavy atom. The summed E-state index contributed by atoms with van der Waals surface area (Å²) in [6.07, 6.45) is 2.10. The molecule has 4 heteroatoms. The molecule has 0 saturated heterocycles. The van der Waals surface area contributed by atoms with Crippen molar-refractivity contribution in [2.45, 2.75) is 17.9 Å². The molecule has 0 aliphatic carbocycles. The van der Waals surface area contributed by atoms with Crippen LogP contribution in [0, 0.1) is 11.3 Å². The van der Waals surface area contributed by atoms with Crippen LogP contribution in [-0.2, 0) is 4.74 Å². The summed E-state index contributed by atoms with van der Waals surface area (Å²) < 4.78 is 5.15. The summed E-state index contributed by atoms with van der Waals surface area (Å²) in [4.78, 5) is 0.998. The number of nitrogens with one attached hydrogen (secondary N) is 1. The molecule has 3 nitrogen and oxygen atoms in total. The van der Waals surface area contributed by atoms with Crippen molar-refractivity contribution in [1.29, 1.82) is 5.26 Å². The van der Waals surface area contributed by atoms with E-state index in [4.69, 9.17) is 10.00 Å². The predicted octanol–water partition coefficient (Wildman–Crippen LogP) is 2.73. The van der Waals surface area contributed by atoms with E-state index in [9.17, 15) is 0 Å².